The van der Waals surface area contributed by atoms with E-state index >= 15 is 0 Å². The van der Waals surface area contributed by atoms with Crippen LogP contribution in [0.25, 0.3) is 10.9 Å². The van der Waals surface area contributed by atoms with Crippen molar-refractivity contribution in [3.05, 3.63) is 41.6 Å². The normalized spacial score (nSPS) is 19.9. The van der Waals surface area contributed by atoms with Gasteiger partial charge in [-0.25, -0.2) is 0 Å². The summed E-state index contributed by atoms with van der Waals surface area (Å²) in [5, 5.41) is 1.28. The lowest BCUT2D eigenvalue weighted by Gasteiger charge is -2.05. The molecule has 1 unspecified atom stereocenters. The molecule has 1 aliphatic rings. The summed E-state index contributed by atoms with van der Waals surface area (Å²) in [6.45, 7) is 2.27. The van der Waals surface area contributed by atoms with Gasteiger partial charge in [0.15, 0.2) is 0 Å². The summed E-state index contributed by atoms with van der Waals surface area (Å²) in [4.78, 5) is 4.74. The number of nitrogens with zero attached hydrogens (tertiary/aromatic N) is 1. The van der Waals surface area contributed by atoms with Crippen LogP contribution in [-0.2, 0) is 6.42 Å². The molecule has 3 rings (SSSR count). The van der Waals surface area contributed by atoms with Gasteiger partial charge in [0, 0.05) is 11.1 Å². The van der Waals surface area contributed by atoms with E-state index in [-0.39, 0.29) is 0 Å². The highest BCUT2D eigenvalue weighted by atomic mass is 14.7. The van der Waals surface area contributed by atoms with Crippen molar-refractivity contribution in [3.63, 3.8) is 0 Å². The number of aryl methyl sites for hydroxylation is 1. The van der Waals surface area contributed by atoms with Crippen LogP contribution in [0.4, 0.5) is 0 Å². The minimum Gasteiger partial charge on any atom is -0.252 e. The van der Waals surface area contributed by atoms with Crippen LogP contribution in [0.1, 0.15) is 30.5 Å². The first-order valence-electron chi connectivity index (χ1n) is 5.23. The quantitative estimate of drug-likeness (QED) is 0.610. The molecule has 0 amide bonds. The van der Waals surface area contributed by atoms with E-state index in [9.17, 15) is 0 Å². The smallest absolute Gasteiger partial charge is 0.0705 e. The fraction of sp³-hybridized carbons (Fsp3) is 0.308. The standard InChI is InChI=1S/C13H13N/c1-9-6-7-11-8-10-4-2-3-5-12(10)14-13(9)11/h2-5,8-9H,6-7H2,1H3. The Labute approximate surface area is 83.8 Å². The highest BCUT2D eigenvalue weighted by molar-refractivity contribution is 5.79. The van der Waals surface area contributed by atoms with Crippen LogP contribution < -0.4 is 0 Å². The van der Waals surface area contributed by atoms with Gasteiger partial charge in [-0.05, 0) is 36.5 Å². The third-order valence-corrected chi connectivity index (χ3v) is 3.15. The third kappa shape index (κ3) is 1.05. The lowest BCUT2D eigenvalue weighted by Crippen LogP contribution is -1.92. The van der Waals surface area contributed by atoms with Crippen molar-refractivity contribution in [2.45, 2.75) is 25.7 Å². The number of benzene rings is 1. The Kier molecular flexibility index (Phi) is 1.60. The second-order valence-corrected chi connectivity index (χ2v) is 4.17. The highest BCUT2D eigenvalue weighted by Gasteiger charge is 2.20. The van der Waals surface area contributed by atoms with Gasteiger partial charge in [-0.2, -0.15) is 0 Å². The van der Waals surface area contributed by atoms with Crippen LogP contribution in [0.3, 0.4) is 0 Å². The minimum atomic E-state index is 0.648. The second kappa shape index (κ2) is 2.81. The van der Waals surface area contributed by atoms with E-state index in [0.717, 1.165) is 5.52 Å². The molecular weight excluding hydrogens is 170 g/mol. The van der Waals surface area contributed by atoms with Crippen molar-refractivity contribution in [2.75, 3.05) is 0 Å². The minimum absolute atomic E-state index is 0.648. The molecule has 0 saturated heterocycles. The zero-order valence-corrected chi connectivity index (χ0v) is 8.33. The number of rotatable bonds is 0. The van der Waals surface area contributed by atoms with Crippen molar-refractivity contribution in [2.24, 2.45) is 0 Å². The van der Waals surface area contributed by atoms with E-state index in [1.807, 2.05) is 0 Å². The van der Waals surface area contributed by atoms with Crippen molar-refractivity contribution >= 4 is 10.9 Å². The molecule has 70 valence electrons. The average Bonchev–Trinajstić information content (AvgIpc) is 2.57. The maximum absolute atomic E-state index is 4.74. The van der Waals surface area contributed by atoms with Gasteiger partial charge in [0.1, 0.15) is 0 Å². The molecule has 1 aromatic heterocycles. The Morgan fingerprint density at radius 3 is 3.07 bits per heavy atom. The van der Waals surface area contributed by atoms with Gasteiger partial charge in [-0.3, -0.25) is 4.98 Å². The van der Waals surface area contributed by atoms with Crippen molar-refractivity contribution in [1.82, 2.24) is 4.98 Å². The molecule has 1 aliphatic carbocycles. The maximum atomic E-state index is 4.74. The summed E-state index contributed by atoms with van der Waals surface area (Å²) in [6.07, 6.45) is 2.47. The average molecular weight is 183 g/mol. The Hall–Kier alpha value is -1.37. The molecule has 0 fully saturated rings. The first-order chi connectivity index (χ1) is 6.84. The van der Waals surface area contributed by atoms with E-state index in [1.54, 1.807) is 0 Å². The number of pyridine rings is 1. The van der Waals surface area contributed by atoms with E-state index in [2.05, 4.69) is 37.3 Å². The molecule has 1 aromatic carbocycles. The summed E-state index contributed by atoms with van der Waals surface area (Å²) in [7, 11) is 0. The molecule has 0 N–H and O–H groups in total. The number of hydrogen-bond acceptors (Lipinski definition) is 1. The van der Waals surface area contributed by atoms with E-state index in [4.69, 9.17) is 4.98 Å². The van der Waals surface area contributed by atoms with E-state index < -0.39 is 0 Å². The maximum Gasteiger partial charge on any atom is 0.0705 e. The van der Waals surface area contributed by atoms with Crippen LogP contribution in [0.5, 0.6) is 0 Å². The molecular formula is C13H13N. The molecule has 1 heteroatoms. The molecule has 2 aromatic rings. The van der Waals surface area contributed by atoms with Gasteiger partial charge in [0.25, 0.3) is 0 Å². The monoisotopic (exact) mass is 183 g/mol. The molecule has 0 bridgehead atoms. The van der Waals surface area contributed by atoms with E-state index in [1.165, 1.54) is 29.5 Å². The second-order valence-electron chi connectivity index (χ2n) is 4.17. The number of para-hydroxylation sites is 1. The van der Waals surface area contributed by atoms with Gasteiger partial charge in [-0.15, -0.1) is 0 Å². The van der Waals surface area contributed by atoms with Gasteiger partial charge in [-0.1, -0.05) is 25.1 Å². The zero-order valence-electron chi connectivity index (χ0n) is 8.33. The largest absolute Gasteiger partial charge is 0.252 e. The molecule has 1 atom stereocenters. The first-order valence-corrected chi connectivity index (χ1v) is 5.23. The predicted molar refractivity (Wildman–Crippen MR) is 58.5 cm³/mol. The van der Waals surface area contributed by atoms with Crippen molar-refractivity contribution in [1.29, 1.82) is 0 Å². The van der Waals surface area contributed by atoms with E-state index in [0.29, 0.717) is 5.92 Å². The summed E-state index contributed by atoms with van der Waals surface area (Å²) < 4.78 is 0. The van der Waals surface area contributed by atoms with Crippen molar-refractivity contribution < 1.29 is 0 Å². The van der Waals surface area contributed by atoms with Crippen LogP contribution >= 0.6 is 0 Å². The number of aromatic nitrogens is 1. The van der Waals surface area contributed by atoms with Crippen LogP contribution in [0.15, 0.2) is 30.3 Å². The predicted octanol–water partition coefficient (Wildman–Crippen LogP) is 3.28. The molecule has 14 heavy (non-hydrogen) atoms. The number of hydrogen-bond donors (Lipinski definition) is 0. The van der Waals surface area contributed by atoms with Gasteiger partial charge in [0.05, 0.1) is 5.52 Å². The summed E-state index contributed by atoms with van der Waals surface area (Å²) in [5.41, 5.74) is 3.92. The van der Waals surface area contributed by atoms with Crippen LogP contribution in [0, 0.1) is 0 Å². The van der Waals surface area contributed by atoms with Crippen molar-refractivity contribution in [3.8, 4) is 0 Å². The Morgan fingerprint density at radius 1 is 1.29 bits per heavy atom. The zero-order chi connectivity index (χ0) is 9.54. The summed E-state index contributed by atoms with van der Waals surface area (Å²) in [6, 6.07) is 10.7. The topological polar surface area (TPSA) is 12.9 Å². The van der Waals surface area contributed by atoms with Gasteiger partial charge >= 0.3 is 0 Å². The molecule has 0 aliphatic heterocycles. The molecule has 0 spiro atoms. The van der Waals surface area contributed by atoms with Gasteiger partial charge < -0.3 is 0 Å². The molecule has 1 nitrogen and oxygen atoms in total. The third-order valence-electron chi connectivity index (χ3n) is 3.15. The lowest BCUT2D eigenvalue weighted by molar-refractivity contribution is 0.733. The fourth-order valence-electron chi connectivity index (χ4n) is 2.31. The first kappa shape index (κ1) is 7.98. The Bertz CT molecular complexity index is 488. The van der Waals surface area contributed by atoms with Crippen LogP contribution in [-0.4, -0.2) is 4.98 Å². The molecule has 0 saturated carbocycles. The number of fused-ring (bicyclic) bond motifs is 2. The SMILES string of the molecule is CC1CCc2cc3ccccc3nc21. The molecule has 1 heterocycles. The lowest BCUT2D eigenvalue weighted by atomic mass is 10.1. The van der Waals surface area contributed by atoms with Gasteiger partial charge in [0.2, 0.25) is 0 Å². The summed E-state index contributed by atoms with van der Waals surface area (Å²) >= 11 is 0. The molecule has 0 radical (unpaired) electrons. The fourth-order valence-corrected chi connectivity index (χ4v) is 2.31. The highest BCUT2D eigenvalue weighted by Crippen LogP contribution is 2.32. The Morgan fingerprint density at radius 2 is 2.14 bits per heavy atom. The summed E-state index contributed by atoms with van der Waals surface area (Å²) in [5.74, 6) is 0.648. The Balaban J connectivity index is 2.33. The van der Waals surface area contributed by atoms with Crippen LogP contribution in [0.2, 0.25) is 0 Å².